The smallest absolute Gasteiger partial charge is 0.348 e. The Labute approximate surface area is 221 Å². The highest BCUT2D eigenvalue weighted by atomic mass is 35.5. The van der Waals surface area contributed by atoms with E-state index < -0.39 is 13.5 Å². The van der Waals surface area contributed by atoms with Crippen LogP contribution in [-0.2, 0) is 13.8 Å². The van der Waals surface area contributed by atoms with Crippen LogP contribution in [0.15, 0.2) is 48.5 Å². The summed E-state index contributed by atoms with van der Waals surface area (Å²) in [4.78, 5) is 13.4. The molecule has 2 aromatic carbocycles. The van der Waals surface area contributed by atoms with E-state index >= 15 is 0 Å². The molecule has 0 bridgehead atoms. The van der Waals surface area contributed by atoms with Gasteiger partial charge in [0.1, 0.15) is 4.88 Å². The van der Waals surface area contributed by atoms with Crippen LogP contribution in [0, 0.1) is 19.8 Å². The molecule has 4 rings (SSSR count). The van der Waals surface area contributed by atoms with Crippen LogP contribution in [0.3, 0.4) is 0 Å². The molecule has 0 spiro atoms. The number of aryl methyl sites for hydroxylation is 2. The fourth-order valence-corrected chi connectivity index (χ4v) is 8.34. The predicted molar refractivity (Wildman–Crippen MR) is 147 cm³/mol. The number of benzene rings is 2. The van der Waals surface area contributed by atoms with E-state index in [1.165, 1.54) is 11.3 Å². The molecule has 1 aromatic heterocycles. The van der Waals surface area contributed by atoms with Crippen molar-refractivity contribution in [2.45, 2.75) is 33.6 Å². The summed E-state index contributed by atoms with van der Waals surface area (Å²) in [5, 5.41) is 11.3. The molecule has 0 amide bonds. The second-order valence-corrected chi connectivity index (χ2v) is 12.8. The van der Waals surface area contributed by atoms with Gasteiger partial charge in [-0.15, -0.1) is 11.3 Å². The molecule has 6 nitrogen and oxygen atoms in total. The lowest BCUT2D eigenvalue weighted by Crippen LogP contribution is -2.35. The number of hydrogen-bond acceptors (Lipinski definition) is 5. The zero-order valence-electron chi connectivity index (χ0n) is 20.7. The fourth-order valence-electron chi connectivity index (χ4n) is 4.49. The van der Waals surface area contributed by atoms with Crippen LogP contribution >= 0.6 is 30.5 Å². The molecular formula is C27H31ClNO5PS. The van der Waals surface area contributed by atoms with Gasteiger partial charge in [-0.3, -0.25) is 9.24 Å². The topological polar surface area (TPSA) is 76.1 Å². The van der Waals surface area contributed by atoms with Crippen molar-refractivity contribution >= 4 is 47.4 Å². The number of nitrogens with zero attached hydrogens (tertiary/aromatic N) is 1. The summed E-state index contributed by atoms with van der Waals surface area (Å²) in [5.41, 5.74) is 3.19. The van der Waals surface area contributed by atoms with Crippen LogP contribution in [0.5, 0.6) is 0 Å². The molecule has 1 fully saturated rings. The minimum atomic E-state index is -3.70. The molecule has 0 saturated carbocycles. The van der Waals surface area contributed by atoms with Crippen LogP contribution in [0.25, 0.3) is 10.4 Å². The first kappa shape index (κ1) is 26.9. The van der Waals surface area contributed by atoms with Gasteiger partial charge in [0.15, 0.2) is 0 Å². The van der Waals surface area contributed by atoms with Crippen LogP contribution in [0.1, 0.15) is 40.6 Å². The first-order chi connectivity index (χ1) is 17.2. The van der Waals surface area contributed by atoms with Crippen molar-refractivity contribution < 1.29 is 23.7 Å². The van der Waals surface area contributed by atoms with Crippen LogP contribution in [0.4, 0.5) is 5.69 Å². The summed E-state index contributed by atoms with van der Waals surface area (Å²) < 4.78 is 28.3. The zero-order valence-corrected chi connectivity index (χ0v) is 23.2. The van der Waals surface area contributed by atoms with Crippen molar-refractivity contribution in [1.29, 1.82) is 0 Å². The minimum Gasteiger partial charge on any atom is -0.477 e. The number of carboxylic acid groups (broad SMARTS) is 1. The average molecular weight is 548 g/mol. The van der Waals surface area contributed by atoms with E-state index in [9.17, 15) is 14.5 Å². The van der Waals surface area contributed by atoms with Gasteiger partial charge in [0.25, 0.3) is 0 Å². The third kappa shape index (κ3) is 5.71. The van der Waals surface area contributed by atoms with E-state index in [2.05, 4.69) is 0 Å². The summed E-state index contributed by atoms with van der Waals surface area (Å²) in [6.45, 7) is 7.52. The van der Waals surface area contributed by atoms with E-state index in [0.717, 1.165) is 34.4 Å². The summed E-state index contributed by atoms with van der Waals surface area (Å²) in [5.74, 6) is -0.870. The van der Waals surface area contributed by atoms with E-state index in [-0.39, 0.29) is 17.4 Å². The van der Waals surface area contributed by atoms with E-state index in [1.54, 1.807) is 29.8 Å². The number of ether oxygens (including phenoxy) is 1. The summed E-state index contributed by atoms with van der Waals surface area (Å²) in [6, 6.07) is 15.0. The Bertz CT molecular complexity index is 1270. The summed E-state index contributed by atoms with van der Waals surface area (Å²) in [7, 11) is -3.70. The molecule has 1 atom stereocenters. The third-order valence-corrected chi connectivity index (χ3v) is 10.5. The van der Waals surface area contributed by atoms with Crippen molar-refractivity contribution in [2.24, 2.45) is 5.92 Å². The quantitative estimate of drug-likeness (QED) is 0.286. The highest BCUT2D eigenvalue weighted by Gasteiger charge is 2.40. The number of halogens is 1. The molecule has 1 unspecified atom stereocenters. The van der Waals surface area contributed by atoms with Crippen LogP contribution < -0.4 is 9.97 Å². The lowest BCUT2D eigenvalue weighted by atomic mass is 10.0. The molecule has 1 N–H and O–H groups in total. The maximum Gasteiger partial charge on any atom is 0.348 e. The van der Waals surface area contributed by atoms with Crippen molar-refractivity contribution in [3.63, 3.8) is 0 Å². The Hall–Kier alpha value is -2.15. The van der Waals surface area contributed by atoms with Gasteiger partial charge in [0.05, 0.1) is 17.6 Å². The molecule has 1 aliphatic heterocycles. The zero-order chi connectivity index (χ0) is 25.9. The Balaban J connectivity index is 1.90. The highest BCUT2D eigenvalue weighted by molar-refractivity contribution is 7.68. The van der Waals surface area contributed by atoms with Gasteiger partial charge < -0.3 is 14.4 Å². The van der Waals surface area contributed by atoms with Gasteiger partial charge in [-0.2, -0.15) is 0 Å². The van der Waals surface area contributed by atoms with Gasteiger partial charge >= 0.3 is 13.5 Å². The Kier molecular flexibility index (Phi) is 8.59. The maximum absolute atomic E-state index is 14.9. The lowest BCUT2D eigenvalue weighted by molar-refractivity contribution is 0.0683. The number of rotatable bonds is 9. The summed E-state index contributed by atoms with van der Waals surface area (Å²) >= 11 is 7.40. The first-order valence-electron chi connectivity index (χ1n) is 12.0. The standard InChI is InChI=1S/C27H31ClNO5PS/c1-4-34-35(32,24-10-9-22(28)15-19(24)3)29(17-20-11-13-33-14-12-20)23-16-25(36-26(23)27(30)31)21-7-5-18(2)6-8-21/h5-10,15-16,20H,4,11-14,17H2,1-3H3,(H,30,31). The fraction of sp³-hybridized carbons (Fsp3) is 0.370. The molecule has 2 heterocycles. The number of carboxylic acids is 1. The first-order valence-corrected chi connectivity index (χ1v) is 14.8. The molecule has 0 radical (unpaired) electrons. The Morgan fingerprint density at radius 1 is 1.17 bits per heavy atom. The molecule has 192 valence electrons. The summed E-state index contributed by atoms with van der Waals surface area (Å²) in [6.07, 6.45) is 1.61. The molecule has 9 heteroatoms. The number of thiophene rings is 1. The van der Waals surface area contributed by atoms with Gasteiger partial charge in [-0.1, -0.05) is 41.4 Å². The van der Waals surface area contributed by atoms with Crippen LogP contribution in [-0.4, -0.2) is 37.4 Å². The SMILES string of the molecule is CCOP(=O)(c1ccc(Cl)cc1C)N(CC1CCOCC1)c1cc(-c2ccc(C)cc2)sc1C(=O)O. The van der Waals surface area contributed by atoms with Gasteiger partial charge in [0, 0.05) is 29.7 Å². The second-order valence-electron chi connectivity index (χ2n) is 9.00. The molecule has 3 aromatic rings. The van der Waals surface area contributed by atoms with Gasteiger partial charge in [-0.05, 0) is 74.9 Å². The molecule has 1 aliphatic rings. The normalized spacial score (nSPS) is 16.0. The maximum atomic E-state index is 14.9. The van der Waals surface area contributed by atoms with Crippen molar-refractivity contribution in [3.05, 3.63) is 69.6 Å². The highest BCUT2D eigenvalue weighted by Crippen LogP contribution is 2.56. The van der Waals surface area contributed by atoms with Crippen LogP contribution in [0.2, 0.25) is 5.02 Å². The minimum absolute atomic E-state index is 0.143. The lowest BCUT2D eigenvalue weighted by Gasteiger charge is -2.37. The van der Waals surface area contributed by atoms with E-state index in [0.29, 0.717) is 35.8 Å². The van der Waals surface area contributed by atoms with Gasteiger partial charge in [-0.25, -0.2) is 4.79 Å². The van der Waals surface area contributed by atoms with Gasteiger partial charge in [0.2, 0.25) is 0 Å². The second kappa shape index (κ2) is 11.5. The monoisotopic (exact) mass is 547 g/mol. The third-order valence-electron chi connectivity index (χ3n) is 6.38. The predicted octanol–water partition coefficient (Wildman–Crippen LogP) is 7.17. The van der Waals surface area contributed by atoms with E-state index in [1.807, 2.05) is 44.2 Å². The average Bonchev–Trinajstić information content (AvgIpc) is 3.29. The molecule has 0 aliphatic carbocycles. The van der Waals surface area contributed by atoms with Crippen molar-refractivity contribution in [3.8, 4) is 10.4 Å². The number of hydrogen-bond donors (Lipinski definition) is 1. The Morgan fingerprint density at radius 2 is 1.86 bits per heavy atom. The molecular weight excluding hydrogens is 517 g/mol. The van der Waals surface area contributed by atoms with E-state index in [4.69, 9.17) is 20.9 Å². The van der Waals surface area contributed by atoms with Crippen molar-refractivity contribution in [1.82, 2.24) is 0 Å². The number of anilines is 1. The Morgan fingerprint density at radius 3 is 2.47 bits per heavy atom. The number of aromatic carboxylic acids is 1. The molecule has 1 saturated heterocycles. The number of carbonyl (C=O) groups is 1. The van der Waals surface area contributed by atoms with Crippen molar-refractivity contribution in [2.75, 3.05) is 31.0 Å². The molecule has 36 heavy (non-hydrogen) atoms. The largest absolute Gasteiger partial charge is 0.477 e.